The summed E-state index contributed by atoms with van der Waals surface area (Å²) in [6, 6.07) is 7.88. The standard InChI is InChI=1S/C15H19N3O3/c1-10(2)14(15(20)21)17-8-7-13(19)18-12-5-3-11(9-16)4-6-12/h3-6,10,14,17H,7-8H2,1-2H3,(H,18,19)(H,20,21). The van der Waals surface area contributed by atoms with Gasteiger partial charge < -0.3 is 15.7 Å². The molecule has 0 saturated heterocycles. The Morgan fingerprint density at radius 2 is 1.90 bits per heavy atom. The van der Waals surface area contributed by atoms with E-state index in [0.29, 0.717) is 11.3 Å². The van der Waals surface area contributed by atoms with Crippen molar-refractivity contribution in [1.82, 2.24) is 5.32 Å². The number of hydrogen-bond donors (Lipinski definition) is 3. The smallest absolute Gasteiger partial charge is 0.320 e. The van der Waals surface area contributed by atoms with Crippen molar-refractivity contribution >= 4 is 17.6 Å². The second-order valence-corrected chi connectivity index (χ2v) is 5.00. The molecular weight excluding hydrogens is 270 g/mol. The first-order valence-electron chi connectivity index (χ1n) is 6.70. The summed E-state index contributed by atoms with van der Waals surface area (Å²) in [5.41, 5.74) is 1.13. The van der Waals surface area contributed by atoms with Crippen molar-refractivity contribution < 1.29 is 14.7 Å². The zero-order valence-electron chi connectivity index (χ0n) is 12.1. The fourth-order valence-electron chi connectivity index (χ4n) is 1.80. The molecule has 0 aromatic heterocycles. The zero-order valence-corrected chi connectivity index (χ0v) is 12.1. The second-order valence-electron chi connectivity index (χ2n) is 5.00. The summed E-state index contributed by atoms with van der Waals surface area (Å²) >= 11 is 0. The van der Waals surface area contributed by atoms with E-state index in [1.165, 1.54) is 0 Å². The number of carboxylic acid groups (broad SMARTS) is 1. The van der Waals surface area contributed by atoms with Crippen LogP contribution >= 0.6 is 0 Å². The van der Waals surface area contributed by atoms with Crippen LogP contribution in [0.5, 0.6) is 0 Å². The van der Waals surface area contributed by atoms with Crippen molar-refractivity contribution in [1.29, 1.82) is 5.26 Å². The molecule has 0 fully saturated rings. The van der Waals surface area contributed by atoms with Crippen LogP contribution in [0.4, 0.5) is 5.69 Å². The molecule has 0 spiro atoms. The summed E-state index contributed by atoms with van der Waals surface area (Å²) in [4.78, 5) is 22.7. The highest BCUT2D eigenvalue weighted by Gasteiger charge is 2.20. The molecule has 0 bridgehead atoms. The maximum absolute atomic E-state index is 11.7. The van der Waals surface area contributed by atoms with Crippen LogP contribution in [0, 0.1) is 17.2 Å². The minimum absolute atomic E-state index is 0.0518. The Balaban J connectivity index is 2.40. The number of rotatable bonds is 7. The van der Waals surface area contributed by atoms with Gasteiger partial charge >= 0.3 is 5.97 Å². The summed E-state index contributed by atoms with van der Waals surface area (Å²) in [6.45, 7) is 3.91. The topological polar surface area (TPSA) is 102 Å². The predicted octanol–water partition coefficient (Wildman–Crippen LogP) is 1.59. The summed E-state index contributed by atoms with van der Waals surface area (Å²) < 4.78 is 0. The minimum atomic E-state index is -0.919. The van der Waals surface area contributed by atoms with Crippen LogP contribution in [0.25, 0.3) is 0 Å². The first kappa shape index (κ1) is 16.7. The normalized spacial score (nSPS) is 11.7. The number of nitrogens with zero attached hydrogens (tertiary/aromatic N) is 1. The van der Waals surface area contributed by atoms with Gasteiger partial charge in [0.05, 0.1) is 11.6 Å². The van der Waals surface area contributed by atoms with Crippen LogP contribution in [0.1, 0.15) is 25.8 Å². The fraction of sp³-hybridized carbons (Fsp3) is 0.400. The van der Waals surface area contributed by atoms with E-state index in [9.17, 15) is 9.59 Å². The molecule has 0 aliphatic rings. The van der Waals surface area contributed by atoms with Gasteiger partial charge in [-0.2, -0.15) is 5.26 Å². The van der Waals surface area contributed by atoms with E-state index in [-0.39, 0.29) is 24.8 Å². The van der Waals surface area contributed by atoms with Crippen LogP contribution in [-0.2, 0) is 9.59 Å². The number of anilines is 1. The number of amides is 1. The molecular formula is C15H19N3O3. The van der Waals surface area contributed by atoms with Gasteiger partial charge in [-0.1, -0.05) is 13.8 Å². The van der Waals surface area contributed by atoms with Gasteiger partial charge in [-0.05, 0) is 30.2 Å². The fourth-order valence-corrected chi connectivity index (χ4v) is 1.80. The van der Waals surface area contributed by atoms with Gasteiger partial charge in [0.2, 0.25) is 5.91 Å². The summed E-state index contributed by atoms with van der Waals surface area (Å²) in [5, 5.41) is 23.2. The first-order valence-corrected chi connectivity index (χ1v) is 6.70. The molecule has 0 heterocycles. The number of carbonyl (C=O) groups is 2. The number of nitriles is 1. The van der Waals surface area contributed by atoms with Gasteiger partial charge in [-0.25, -0.2) is 0 Å². The van der Waals surface area contributed by atoms with E-state index in [4.69, 9.17) is 10.4 Å². The molecule has 1 aromatic carbocycles. The first-order chi connectivity index (χ1) is 9.93. The zero-order chi connectivity index (χ0) is 15.8. The lowest BCUT2D eigenvalue weighted by Crippen LogP contribution is -2.42. The molecule has 6 nitrogen and oxygen atoms in total. The quantitative estimate of drug-likeness (QED) is 0.707. The average Bonchev–Trinajstić information content (AvgIpc) is 2.43. The number of benzene rings is 1. The highest BCUT2D eigenvalue weighted by molar-refractivity contribution is 5.90. The Kier molecular flexibility index (Phi) is 6.37. The van der Waals surface area contributed by atoms with E-state index in [2.05, 4.69) is 10.6 Å². The van der Waals surface area contributed by atoms with Gasteiger partial charge in [0, 0.05) is 18.7 Å². The van der Waals surface area contributed by atoms with Gasteiger partial charge in [0.1, 0.15) is 6.04 Å². The van der Waals surface area contributed by atoms with Gasteiger partial charge in [-0.15, -0.1) is 0 Å². The third-order valence-electron chi connectivity index (χ3n) is 2.95. The van der Waals surface area contributed by atoms with Gasteiger partial charge in [0.25, 0.3) is 0 Å². The molecule has 1 unspecified atom stereocenters. The molecule has 112 valence electrons. The maximum Gasteiger partial charge on any atom is 0.320 e. The summed E-state index contributed by atoms with van der Waals surface area (Å²) in [6.07, 6.45) is 0.177. The van der Waals surface area contributed by atoms with Crippen LogP contribution in [0.15, 0.2) is 24.3 Å². The van der Waals surface area contributed by atoms with E-state index in [1.54, 1.807) is 24.3 Å². The number of hydrogen-bond acceptors (Lipinski definition) is 4. The molecule has 1 atom stereocenters. The maximum atomic E-state index is 11.7. The Labute approximate surface area is 123 Å². The lowest BCUT2D eigenvalue weighted by molar-refractivity contribution is -0.140. The lowest BCUT2D eigenvalue weighted by Gasteiger charge is -2.17. The Bertz CT molecular complexity index is 532. The van der Waals surface area contributed by atoms with E-state index < -0.39 is 12.0 Å². The predicted molar refractivity (Wildman–Crippen MR) is 78.7 cm³/mol. The Morgan fingerprint density at radius 3 is 2.38 bits per heavy atom. The molecule has 0 aliphatic heterocycles. The molecule has 1 aromatic rings. The van der Waals surface area contributed by atoms with Crippen molar-refractivity contribution in [3.8, 4) is 6.07 Å². The number of carboxylic acids is 1. The number of carbonyl (C=O) groups excluding carboxylic acids is 1. The van der Waals surface area contributed by atoms with Crippen molar-refractivity contribution in [3.63, 3.8) is 0 Å². The number of nitrogens with one attached hydrogen (secondary N) is 2. The van der Waals surface area contributed by atoms with Crippen LogP contribution < -0.4 is 10.6 Å². The van der Waals surface area contributed by atoms with E-state index >= 15 is 0 Å². The van der Waals surface area contributed by atoms with Crippen molar-refractivity contribution in [2.24, 2.45) is 5.92 Å². The SMILES string of the molecule is CC(C)C(NCCC(=O)Nc1ccc(C#N)cc1)C(=O)O. The summed E-state index contributed by atoms with van der Waals surface area (Å²) in [7, 11) is 0. The molecule has 0 radical (unpaired) electrons. The third-order valence-corrected chi connectivity index (χ3v) is 2.95. The van der Waals surface area contributed by atoms with Gasteiger partial charge in [0.15, 0.2) is 0 Å². The molecule has 1 amide bonds. The summed E-state index contributed by atoms with van der Waals surface area (Å²) in [5.74, 6) is -1.18. The number of aliphatic carboxylic acids is 1. The monoisotopic (exact) mass is 289 g/mol. The Morgan fingerprint density at radius 1 is 1.29 bits per heavy atom. The molecule has 1 rings (SSSR count). The third kappa shape index (κ3) is 5.63. The van der Waals surface area contributed by atoms with E-state index in [1.807, 2.05) is 19.9 Å². The van der Waals surface area contributed by atoms with Crippen LogP contribution in [0.3, 0.4) is 0 Å². The van der Waals surface area contributed by atoms with Crippen molar-refractivity contribution in [3.05, 3.63) is 29.8 Å². The average molecular weight is 289 g/mol. The van der Waals surface area contributed by atoms with E-state index in [0.717, 1.165) is 0 Å². The Hall–Kier alpha value is -2.39. The second kappa shape index (κ2) is 8.02. The van der Waals surface area contributed by atoms with Crippen LogP contribution in [-0.4, -0.2) is 29.6 Å². The highest BCUT2D eigenvalue weighted by atomic mass is 16.4. The van der Waals surface area contributed by atoms with Crippen molar-refractivity contribution in [2.45, 2.75) is 26.3 Å². The minimum Gasteiger partial charge on any atom is -0.480 e. The molecule has 21 heavy (non-hydrogen) atoms. The molecule has 6 heteroatoms. The van der Waals surface area contributed by atoms with Crippen molar-refractivity contribution in [2.75, 3.05) is 11.9 Å². The lowest BCUT2D eigenvalue weighted by atomic mass is 10.0. The highest BCUT2D eigenvalue weighted by Crippen LogP contribution is 2.09. The molecule has 3 N–H and O–H groups in total. The molecule has 0 saturated carbocycles. The largest absolute Gasteiger partial charge is 0.480 e. The van der Waals surface area contributed by atoms with Crippen LogP contribution in [0.2, 0.25) is 0 Å². The van der Waals surface area contributed by atoms with Gasteiger partial charge in [-0.3, -0.25) is 9.59 Å². The molecule has 0 aliphatic carbocycles.